The molecule has 1 aromatic carbocycles. The average molecular weight is 362 g/mol. The second kappa shape index (κ2) is 6.45. The second-order valence-corrected chi connectivity index (χ2v) is 5.91. The molecule has 1 aliphatic rings. The van der Waals surface area contributed by atoms with Crippen LogP contribution >= 0.6 is 27.5 Å². The van der Waals surface area contributed by atoms with Crippen LogP contribution in [0.25, 0.3) is 0 Å². The molecule has 108 valence electrons. The number of nitrogens with zero attached hydrogens (tertiary/aromatic N) is 1. The molecule has 0 radical (unpaired) electrons. The lowest BCUT2D eigenvalue weighted by Crippen LogP contribution is -2.38. The van der Waals surface area contributed by atoms with Gasteiger partial charge < -0.3 is 15.3 Å². The number of anilines is 1. The van der Waals surface area contributed by atoms with Crippen LogP contribution in [-0.4, -0.2) is 34.6 Å². The summed E-state index contributed by atoms with van der Waals surface area (Å²) in [4.78, 5) is 24.4. The fourth-order valence-electron chi connectivity index (χ4n) is 1.83. The molecule has 0 saturated heterocycles. The fourth-order valence-corrected chi connectivity index (χ4v) is 2.35. The van der Waals surface area contributed by atoms with Crippen molar-refractivity contribution in [2.45, 2.75) is 25.3 Å². The van der Waals surface area contributed by atoms with Crippen molar-refractivity contribution in [2.75, 3.05) is 11.9 Å². The first-order valence-electron chi connectivity index (χ1n) is 6.22. The first-order valence-corrected chi connectivity index (χ1v) is 7.39. The normalized spacial score (nSPS) is 13.9. The van der Waals surface area contributed by atoms with Crippen molar-refractivity contribution in [1.82, 2.24) is 4.90 Å². The number of hydrogen-bond acceptors (Lipinski definition) is 2. The van der Waals surface area contributed by atoms with Gasteiger partial charge in [0.15, 0.2) is 0 Å². The van der Waals surface area contributed by atoms with E-state index in [-0.39, 0.29) is 25.0 Å². The maximum atomic E-state index is 12.2. The molecule has 2 amide bonds. The summed E-state index contributed by atoms with van der Waals surface area (Å²) in [7, 11) is 0. The van der Waals surface area contributed by atoms with Crippen molar-refractivity contribution in [3.63, 3.8) is 0 Å². The highest BCUT2D eigenvalue weighted by atomic mass is 79.9. The van der Waals surface area contributed by atoms with Gasteiger partial charge in [0.25, 0.3) is 0 Å². The number of aliphatic carboxylic acids is 1. The highest BCUT2D eigenvalue weighted by molar-refractivity contribution is 9.10. The number of benzene rings is 1. The van der Waals surface area contributed by atoms with Gasteiger partial charge >= 0.3 is 12.0 Å². The minimum atomic E-state index is -0.910. The minimum Gasteiger partial charge on any atom is -0.481 e. The fraction of sp³-hybridized carbons (Fsp3) is 0.385. The van der Waals surface area contributed by atoms with Crippen LogP contribution in [0.4, 0.5) is 10.5 Å². The number of hydrogen-bond donors (Lipinski definition) is 2. The van der Waals surface area contributed by atoms with Gasteiger partial charge in [-0.25, -0.2) is 4.79 Å². The Kier molecular flexibility index (Phi) is 4.88. The number of nitrogens with one attached hydrogen (secondary N) is 1. The van der Waals surface area contributed by atoms with Gasteiger partial charge in [0.05, 0.1) is 12.1 Å². The van der Waals surface area contributed by atoms with E-state index in [0.29, 0.717) is 10.7 Å². The predicted molar refractivity (Wildman–Crippen MR) is 80.2 cm³/mol. The standard InChI is InChI=1S/C13H14BrClN2O3/c14-10-4-1-8(15)7-11(10)16-13(20)17(9-2-3-9)6-5-12(18)19/h1,4,7,9H,2-3,5-6H2,(H,16,20)(H,18,19). The molecule has 0 aliphatic heterocycles. The van der Waals surface area contributed by atoms with E-state index < -0.39 is 5.97 Å². The molecule has 1 fully saturated rings. The Balaban J connectivity index is 2.04. The van der Waals surface area contributed by atoms with Gasteiger partial charge in [-0.1, -0.05) is 11.6 Å². The van der Waals surface area contributed by atoms with Crippen molar-refractivity contribution < 1.29 is 14.7 Å². The average Bonchev–Trinajstić information content (AvgIpc) is 3.18. The molecule has 1 aliphatic carbocycles. The Hall–Kier alpha value is -1.27. The molecular weight excluding hydrogens is 348 g/mol. The van der Waals surface area contributed by atoms with Crippen LogP contribution in [0.2, 0.25) is 5.02 Å². The molecule has 1 saturated carbocycles. The Morgan fingerprint density at radius 1 is 1.45 bits per heavy atom. The Labute approximate surface area is 130 Å². The monoisotopic (exact) mass is 360 g/mol. The van der Waals surface area contributed by atoms with E-state index in [4.69, 9.17) is 16.7 Å². The molecule has 2 N–H and O–H groups in total. The first-order chi connectivity index (χ1) is 9.47. The number of urea groups is 1. The number of halogens is 2. The Morgan fingerprint density at radius 3 is 2.75 bits per heavy atom. The molecule has 0 heterocycles. The molecule has 0 bridgehead atoms. The number of rotatable bonds is 5. The molecule has 0 aromatic heterocycles. The molecule has 5 nitrogen and oxygen atoms in total. The van der Waals surface area contributed by atoms with E-state index in [1.807, 2.05) is 0 Å². The molecule has 7 heteroatoms. The SMILES string of the molecule is O=C(O)CCN(C(=O)Nc1cc(Cl)ccc1Br)C1CC1. The van der Waals surface area contributed by atoms with Gasteiger partial charge in [0, 0.05) is 22.1 Å². The summed E-state index contributed by atoms with van der Waals surface area (Å²) in [6.45, 7) is 0.212. The lowest BCUT2D eigenvalue weighted by Gasteiger charge is -2.22. The number of carboxylic acid groups (broad SMARTS) is 1. The van der Waals surface area contributed by atoms with Gasteiger partial charge in [0.2, 0.25) is 0 Å². The van der Waals surface area contributed by atoms with Gasteiger partial charge in [-0.2, -0.15) is 0 Å². The van der Waals surface area contributed by atoms with Crippen molar-refractivity contribution in [3.05, 3.63) is 27.7 Å². The zero-order valence-corrected chi connectivity index (χ0v) is 12.9. The summed E-state index contributed by atoms with van der Waals surface area (Å²) in [5, 5.41) is 12.0. The molecule has 20 heavy (non-hydrogen) atoms. The van der Waals surface area contributed by atoms with Crippen LogP contribution in [-0.2, 0) is 4.79 Å². The second-order valence-electron chi connectivity index (χ2n) is 4.62. The molecule has 2 rings (SSSR count). The molecular formula is C13H14BrClN2O3. The lowest BCUT2D eigenvalue weighted by molar-refractivity contribution is -0.137. The summed E-state index contributed by atoms with van der Waals surface area (Å²) >= 11 is 9.23. The molecule has 1 aromatic rings. The van der Waals surface area contributed by atoms with Crippen LogP contribution in [0.5, 0.6) is 0 Å². The zero-order chi connectivity index (χ0) is 14.7. The van der Waals surface area contributed by atoms with E-state index in [1.165, 1.54) is 0 Å². The lowest BCUT2D eigenvalue weighted by atomic mass is 10.3. The van der Waals surface area contributed by atoms with Crippen molar-refractivity contribution in [2.24, 2.45) is 0 Å². The number of amides is 2. The zero-order valence-electron chi connectivity index (χ0n) is 10.6. The van der Waals surface area contributed by atoms with E-state index in [0.717, 1.165) is 17.3 Å². The summed E-state index contributed by atoms with van der Waals surface area (Å²) in [6, 6.07) is 4.95. The van der Waals surface area contributed by atoms with Crippen LogP contribution < -0.4 is 5.32 Å². The number of carboxylic acids is 1. The van der Waals surface area contributed by atoms with Crippen LogP contribution in [0.1, 0.15) is 19.3 Å². The maximum absolute atomic E-state index is 12.2. The summed E-state index contributed by atoms with van der Waals surface area (Å²) in [6.07, 6.45) is 1.79. The van der Waals surface area contributed by atoms with Crippen LogP contribution in [0, 0.1) is 0 Å². The highest BCUT2D eigenvalue weighted by Crippen LogP contribution is 2.30. The van der Waals surface area contributed by atoms with E-state index in [2.05, 4.69) is 21.2 Å². The number of carbonyl (C=O) groups excluding carboxylic acids is 1. The van der Waals surface area contributed by atoms with Crippen LogP contribution in [0.15, 0.2) is 22.7 Å². The topological polar surface area (TPSA) is 69.6 Å². The van der Waals surface area contributed by atoms with Gasteiger partial charge in [0.1, 0.15) is 0 Å². The van der Waals surface area contributed by atoms with E-state index in [9.17, 15) is 9.59 Å². The molecule has 0 atom stereocenters. The summed E-state index contributed by atoms with van der Waals surface area (Å²) in [5.41, 5.74) is 0.573. The van der Waals surface area contributed by atoms with Crippen molar-refractivity contribution >= 4 is 45.2 Å². The summed E-state index contributed by atoms with van der Waals surface area (Å²) < 4.78 is 0.726. The third-order valence-corrected chi connectivity index (χ3v) is 3.91. The van der Waals surface area contributed by atoms with Crippen molar-refractivity contribution in [1.29, 1.82) is 0 Å². The highest BCUT2D eigenvalue weighted by Gasteiger charge is 2.32. The molecule has 0 spiro atoms. The maximum Gasteiger partial charge on any atom is 0.322 e. The number of carbonyl (C=O) groups is 2. The van der Waals surface area contributed by atoms with Crippen LogP contribution in [0.3, 0.4) is 0 Å². The van der Waals surface area contributed by atoms with Crippen molar-refractivity contribution in [3.8, 4) is 0 Å². The summed E-state index contributed by atoms with van der Waals surface area (Å²) in [5.74, 6) is -0.910. The largest absolute Gasteiger partial charge is 0.481 e. The van der Waals surface area contributed by atoms with Gasteiger partial charge in [-0.05, 0) is 47.0 Å². The Morgan fingerprint density at radius 2 is 2.15 bits per heavy atom. The smallest absolute Gasteiger partial charge is 0.322 e. The quantitative estimate of drug-likeness (QED) is 0.842. The molecule has 0 unspecified atom stereocenters. The third kappa shape index (κ3) is 4.11. The van der Waals surface area contributed by atoms with Gasteiger partial charge in [-0.3, -0.25) is 4.79 Å². The minimum absolute atomic E-state index is 0.0549. The first kappa shape index (κ1) is 15.1. The van der Waals surface area contributed by atoms with Gasteiger partial charge in [-0.15, -0.1) is 0 Å². The predicted octanol–water partition coefficient (Wildman–Crippen LogP) is 3.57. The van der Waals surface area contributed by atoms with E-state index >= 15 is 0 Å². The Bertz CT molecular complexity index is 534. The van der Waals surface area contributed by atoms with E-state index in [1.54, 1.807) is 23.1 Å². The third-order valence-electron chi connectivity index (χ3n) is 2.99.